The topological polar surface area (TPSA) is 97.7 Å². The molecule has 1 aromatic rings. The smallest absolute Gasteiger partial charge is 0.335 e. The Hall–Kier alpha value is -1.89. The third kappa shape index (κ3) is 3.30. The van der Waals surface area contributed by atoms with Crippen LogP contribution in [0.2, 0.25) is 0 Å². The summed E-state index contributed by atoms with van der Waals surface area (Å²) in [4.78, 5) is 22.5. The fourth-order valence-corrected chi connectivity index (χ4v) is 4.61. The van der Waals surface area contributed by atoms with Gasteiger partial charge in [-0.3, -0.25) is 4.79 Å². The van der Waals surface area contributed by atoms with E-state index < -0.39 is 21.1 Å². The van der Waals surface area contributed by atoms with Crippen molar-refractivity contribution in [2.45, 2.75) is 35.8 Å². The summed E-state index contributed by atoms with van der Waals surface area (Å²) in [6.45, 7) is 0. The first-order chi connectivity index (χ1) is 10.4. The van der Waals surface area contributed by atoms with Crippen LogP contribution in [0.15, 0.2) is 29.2 Å². The number of sulfone groups is 1. The summed E-state index contributed by atoms with van der Waals surface area (Å²) < 4.78 is 29.9. The molecule has 6 nitrogen and oxygen atoms in total. The van der Waals surface area contributed by atoms with E-state index in [0.29, 0.717) is 25.7 Å². The lowest BCUT2D eigenvalue weighted by Gasteiger charge is -2.26. The molecule has 1 aliphatic rings. The summed E-state index contributed by atoms with van der Waals surface area (Å²) in [6.07, 6.45) is 1.68. The minimum Gasteiger partial charge on any atom is -0.478 e. The minimum absolute atomic E-state index is 0.0221. The Bertz CT molecular complexity index is 671. The third-order valence-electron chi connectivity index (χ3n) is 4.06. The molecule has 0 aliphatic heterocycles. The molecule has 0 unspecified atom stereocenters. The number of carboxylic acid groups (broad SMARTS) is 1. The second-order valence-corrected chi connectivity index (χ2v) is 7.60. The quantitative estimate of drug-likeness (QED) is 0.849. The predicted molar refractivity (Wildman–Crippen MR) is 78.3 cm³/mol. The van der Waals surface area contributed by atoms with Gasteiger partial charge in [0.05, 0.1) is 28.7 Å². The van der Waals surface area contributed by atoms with Gasteiger partial charge < -0.3 is 9.84 Å². The number of carboxylic acids is 1. The molecule has 0 heterocycles. The highest BCUT2D eigenvalue weighted by Crippen LogP contribution is 2.32. The van der Waals surface area contributed by atoms with Crippen molar-refractivity contribution in [3.63, 3.8) is 0 Å². The van der Waals surface area contributed by atoms with Crippen LogP contribution in [0.1, 0.15) is 36.0 Å². The number of benzene rings is 1. The number of carbonyl (C=O) groups is 2. The maximum atomic E-state index is 12.6. The van der Waals surface area contributed by atoms with Gasteiger partial charge in [-0.05, 0) is 43.9 Å². The van der Waals surface area contributed by atoms with Crippen LogP contribution in [0.25, 0.3) is 0 Å². The lowest BCUT2D eigenvalue weighted by atomic mass is 9.89. The monoisotopic (exact) mass is 326 g/mol. The first-order valence-corrected chi connectivity index (χ1v) is 8.56. The summed E-state index contributed by atoms with van der Waals surface area (Å²) in [5, 5.41) is 8.38. The molecule has 0 bridgehead atoms. The number of methoxy groups -OCH3 is 1. The molecule has 1 aromatic carbocycles. The number of ether oxygens (including phenoxy) is 1. The standard InChI is InChI=1S/C15H18O6S/c1-21-15(18)10-5-7-12(8-6-10)22(19,20)13-4-2-3-11(9-13)14(16)17/h2-4,9-10,12H,5-8H2,1H3,(H,16,17). The third-order valence-corrected chi connectivity index (χ3v) is 6.32. The number of esters is 1. The Balaban J connectivity index is 2.17. The van der Waals surface area contributed by atoms with Crippen LogP contribution < -0.4 is 0 Å². The molecule has 22 heavy (non-hydrogen) atoms. The van der Waals surface area contributed by atoms with Crippen LogP contribution in [-0.4, -0.2) is 37.8 Å². The van der Waals surface area contributed by atoms with Crippen LogP contribution in [0.5, 0.6) is 0 Å². The van der Waals surface area contributed by atoms with E-state index in [0.717, 1.165) is 0 Å². The van der Waals surface area contributed by atoms with Crippen LogP contribution in [0.4, 0.5) is 0 Å². The van der Waals surface area contributed by atoms with Crippen LogP contribution in [0, 0.1) is 5.92 Å². The van der Waals surface area contributed by atoms with Gasteiger partial charge in [-0.2, -0.15) is 0 Å². The molecule has 0 spiro atoms. The molecule has 1 aliphatic carbocycles. The van der Waals surface area contributed by atoms with Gasteiger partial charge in [0.15, 0.2) is 9.84 Å². The average molecular weight is 326 g/mol. The molecule has 0 amide bonds. The van der Waals surface area contributed by atoms with Gasteiger partial charge in [0.25, 0.3) is 0 Å². The summed E-state index contributed by atoms with van der Waals surface area (Å²) in [5.74, 6) is -1.71. The second kappa shape index (κ2) is 6.48. The summed E-state index contributed by atoms with van der Waals surface area (Å²) in [5.41, 5.74) is -0.0516. The van der Waals surface area contributed by atoms with E-state index >= 15 is 0 Å². The largest absolute Gasteiger partial charge is 0.478 e. The summed E-state index contributed by atoms with van der Waals surface area (Å²) >= 11 is 0. The normalized spacial score (nSPS) is 22.0. The zero-order valence-corrected chi connectivity index (χ0v) is 13.0. The van der Waals surface area contributed by atoms with E-state index in [1.54, 1.807) is 0 Å². The summed E-state index contributed by atoms with van der Waals surface area (Å²) in [7, 11) is -2.27. The summed E-state index contributed by atoms with van der Waals surface area (Å²) in [6, 6.07) is 5.38. The maximum Gasteiger partial charge on any atom is 0.335 e. The Kier molecular flexibility index (Phi) is 4.85. The van der Waals surface area contributed by atoms with Crippen molar-refractivity contribution < 1.29 is 27.9 Å². The predicted octanol–water partition coefficient (Wildman–Crippen LogP) is 1.89. The van der Waals surface area contributed by atoms with Gasteiger partial charge in [0.1, 0.15) is 0 Å². The van der Waals surface area contributed by atoms with Crippen molar-refractivity contribution in [1.29, 1.82) is 0 Å². The van der Waals surface area contributed by atoms with E-state index in [9.17, 15) is 18.0 Å². The van der Waals surface area contributed by atoms with Gasteiger partial charge in [-0.15, -0.1) is 0 Å². The molecule has 7 heteroatoms. The van der Waals surface area contributed by atoms with Crippen LogP contribution in [0.3, 0.4) is 0 Å². The Morgan fingerprint density at radius 1 is 1.18 bits per heavy atom. The number of aromatic carboxylic acids is 1. The van der Waals surface area contributed by atoms with Crippen molar-refractivity contribution in [2.24, 2.45) is 5.92 Å². The van der Waals surface area contributed by atoms with E-state index in [1.807, 2.05) is 0 Å². The van der Waals surface area contributed by atoms with Crippen molar-refractivity contribution in [3.8, 4) is 0 Å². The molecule has 0 atom stereocenters. The van der Waals surface area contributed by atoms with Gasteiger partial charge in [-0.25, -0.2) is 13.2 Å². The lowest BCUT2D eigenvalue weighted by molar-refractivity contribution is -0.146. The molecule has 1 N–H and O–H groups in total. The van der Waals surface area contributed by atoms with E-state index in [1.165, 1.54) is 31.4 Å². The first-order valence-electron chi connectivity index (χ1n) is 7.01. The molecule has 0 radical (unpaired) electrons. The molecule has 0 aromatic heterocycles. The molecule has 1 saturated carbocycles. The fourth-order valence-electron chi connectivity index (χ4n) is 2.77. The van der Waals surface area contributed by atoms with Gasteiger partial charge in [-0.1, -0.05) is 6.07 Å². The molecule has 2 rings (SSSR count). The number of rotatable bonds is 4. The van der Waals surface area contributed by atoms with E-state index in [4.69, 9.17) is 5.11 Å². The lowest BCUT2D eigenvalue weighted by Crippen LogP contribution is -2.30. The van der Waals surface area contributed by atoms with Gasteiger partial charge in [0.2, 0.25) is 0 Å². The fraction of sp³-hybridized carbons (Fsp3) is 0.467. The minimum atomic E-state index is -3.59. The van der Waals surface area contributed by atoms with E-state index in [2.05, 4.69) is 4.74 Å². The maximum absolute atomic E-state index is 12.6. The molecular formula is C15H18O6S. The highest BCUT2D eigenvalue weighted by Gasteiger charge is 2.34. The SMILES string of the molecule is COC(=O)C1CCC(S(=O)(=O)c2cccc(C(=O)O)c2)CC1. The molecule has 0 saturated heterocycles. The van der Waals surface area contributed by atoms with Crippen LogP contribution >= 0.6 is 0 Å². The van der Waals surface area contributed by atoms with Gasteiger partial charge >= 0.3 is 11.9 Å². The van der Waals surface area contributed by atoms with E-state index in [-0.39, 0.29) is 22.3 Å². The van der Waals surface area contributed by atoms with Gasteiger partial charge in [0, 0.05) is 0 Å². The van der Waals surface area contributed by atoms with Crippen molar-refractivity contribution >= 4 is 21.8 Å². The van der Waals surface area contributed by atoms with Crippen molar-refractivity contribution in [3.05, 3.63) is 29.8 Å². The first kappa shape index (κ1) is 16.5. The highest BCUT2D eigenvalue weighted by atomic mass is 32.2. The molecular weight excluding hydrogens is 308 g/mol. The zero-order valence-electron chi connectivity index (χ0n) is 12.2. The Morgan fingerprint density at radius 2 is 1.82 bits per heavy atom. The Morgan fingerprint density at radius 3 is 2.36 bits per heavy atom. The number of hydrogen-bond acceptors (Lipinski definition) is 5. The average Bonchev–Trinajstić information content (AvgIpc) is 2.54. The number of carbonyl (C=O) groups excluding carboxylic acids is 1. The van der Waals surface area contributed by atoms with Crippen molar-refractivity contribution in [2.75, 3.05) is 7.11 Å². The van der Waals surface area contributed by atoms with Crippen molar-refractivity contribution in [1.82, 2.24) is 0 Å². The molecule has 120 valence electrons. The zero-order chi connectivity index (χ0) is 16.3. The highest BCUT2D eigenvalue weighted by molar-refractivity contribution is 7.92. The van der Waals surface area contributed by atoms with Crippen LogP contribution in [-0.2, 0) is 19.4 Å². The number of hydrogen-bond donors (Lipinski definition) is 1. The Labute approximate surface area is 129 Å². The molecule has 1 fully saturated rings. The second-order valence-electron chi connectivity index (χ2n) is 5.37.